The first kappa shape index (κ1) is 31.8. The van der Waals surface area contributed by atoms with Crippen LogP contribution in [0.4, 0.5) is 27.6 Å². The summed E-state index contributed by atoms with van der Waals surface area (Å²) >= 11 is 5.43. The lowest BCUT2D eigenvalue weighted by molar-refractivity contribution is -0.116. The molecule has 1 aliphatic rings. The molecule has 1 amide bonds. The van der Waals surface area contributed by atoms with Crippen LogP contribution in [0.3, 0.4) is 0 Å². The first-order chi connectivity index (χ1) is 20.0. The summed E-state index contributed by atoms with van der Waals surface area (Å²) in [6.45, 7) is -0.495. The van der Waals surface area contributed by atoms with Crippen molar-refractivity contribution in [3.05, 3.63) is 94.8 Å². The number of anilines is 1. The summed E-state index contributed by atoms with van der Waals surface area (Å²) in [5.41, 5.74) is 0.161. The van der Waals surface area contributed by atoms with E-state index < -0.39 is 76.4 Å². The quantitative estimate of drug-likeness (QED) is 0.218. The van der Waals surface area contributed by atoms with Gasteiger partial charge in [0.1, 0.15) is 29.4 Å². The molecule has 42 heavy (non-hydrogen) atoms. The van der Waals surface area contributed by atoms with Crippen LogP contribution in [0.25, 0.3) is 0 Å². The van der Waals surface area contributed by atoms with Crippen LogP contribution < -0.4 is 15.4 Å². The molecule has 0 saturated carbocycles. The van der Waals surface area contributed by atoms with Crippen LogP contribution in [-0.2, 0) is 15.0 Å². The normalized spacial score (nSPS) is 17.5. The van der Waals surface area contributed by atoms with E-state index in [2.05, 4.69) is 20.3 Å². The Balaban J connectivity index is 1.63. The molecule has 1 aliphatic heterocycles. The van der Waals surface area contributed by atoms with Crippen molar-refractivity contribution < 1.29 is 35.2 Å². The lowest BCUT2D eigenvalue weighted by Gasteiger charge is -2.36. The zero-order chi connectivity index (χ0) is 30.4. The fourth-order valence-corrected chi connectivity index (χ4v) is 6.24. The molecule has 4 rings (SSSR count). The number of benzene rings is 2. The Morgan fingerprint density at radius 2 is 1.74 bits per heavy atom. The van der Waals surface area contributed by atoms with E-state index in [1.165, 1.54) is 12.1 Å². The number of carbonyl (C=O) groups excluding carboxylic acids is 1. The predicted molar refractivity (Wildman–Crippen MR) is 147 cm³/mol. The van der Waals surface area contributed by atoms with Crippen molar-refractivity contribution in [1.29, 1.82) is 0 Å². The average molecular weight is 632 g/mol. The van der Waals surface area contributed by atoms with Crippen molar-refractivity contribution in [1.82, 2.24) is 19.3 Å². The summed E-state index contributed by atoms with van der Waals surface area (Å²) in [7, 11) is -4.31. The van der Waals surface area contributed by atoms with Gasteiger partial charge in [0.05, 0.1) is 30.0 Å². The molecule has 1 saturated heterocycles. The second kappa shape index (κ2) is 13.9. The van der Waals surface area contributed by atoms with E-state index in [9.17, 15) is 30.8 Å². The minimum atomic E-state index is -4.31. The number of pyridine rings is 1. The van der Waals surface area contributed by atoms with Crippen molar-refractivity contribution >= 4 is 33.4 Å². The molecule has 3 N–H and O–H groups in total. The first-order valence-corrected chi connectivity index (χ1v) is 14.8. The van der Waals surface area contributed by atoms with Gasteiger partial charge in [-0.2, -0.15) is 17.4 Å². The van der Waals surface area contributed by atoms with Crippen LogP contribution in [-0.4, -0.2) is 61.8 Å². The Bertz CT molecular complexity index is 1500. The number of amides is 1. The predicted octanol–water partition coefficient (Wildman–Crippen LogP) is 4.16. The number of aromatic nitrogens is 1. The molecule has 0 aliphatic carbocycles. The molecule has 1 unspecified atom stereocenters. The first-order valence-electron chi connectivity index (χ1n) is 12.8. The van der Waals surface area contributed by atoms with Gasteiger partial charge in [-0.1, -0.05) is 12.1 Å². The number of hydrogen-bond acceptors (Lipinski definition) is 5. The van der Waals surface area contributed by atoms with E-state index in [1.807, 2.05) is 0 Å². The van der Waals surface area contributed by atoms with E-state index in [0.717, 1.165) is 41.0 Å². The molecule has 3 aromatic rings. The van der Waals surface area contributed by atoms with E-state index in [0.29, 0.717) is 11.6 Å². The van der Waals surface area contributed by atoms with Crippen LogP contribution >= 0.6 is 11.6 Å². The average Bonchev–Trinajstić information content (AvgIpc) is 2.95. The zero-order valence-electron chi connectivity index (χ0n) is 22.0. The Morgan fingerprint density at radius 1 is 1.05 bits per heavy atom. The number of rotatable bonds is 11. The largest absolute Gasteiger partial charge is 0.324 e. The molecular formula is C27H27ClF5N5O3S. The lowest BCUT2D eigenvalue weighted by atomic mass is 9.88. The van der Waals surface area contributed by atoms with Crippen molar-refractivity contribution in [2.24, 2.45) is 0 Å². The van der Waals surface area contributed by atoms with Crippen molar-refractivity contribution in [2.45, 2.75) is 24.6 Å². The van der Waals surface area contributed by atoms with Crippen LogP contribution in [0.15, 0.2) is 54.9 Å². The Hall–Kier alpha value is -3.17. The second-order valence-electron chi connectivity index (χ2n) is 9.58. The second-order valence-corrected chi connectivity index (χ2v) is 11.6. The fourth-order valence-electron chi connectivity index (χ4n) is 4.72. The van der Waals surface area contributed by atoms with Gasteiger partial charge in [-0.05, 0) is 35.4 Å². The molecular weight excluding hydrogens is 605 g/mol. The number of piperazine rings is 1. The number of nitrogens with one attached hydrogen (secondary N) is 3. The minimum absolute atomic E-state index is 0.0416. The molecule has 2 aromatic carbocycles. The topological polar surface area (TPSA) is 103 Å². The maximum atomic E-state index is 15.3. The summed E-state index contributed by atoms with van der Waals surface area (Å²) in [5.74, 6) is -5.28. The number of halogens is 6. The highest BCUT2D eigenvalue weighted by molar-refractivity contribution is 7.87. The number of carbonyl (C=O) groups is 1. The maximum absolute atomic E-state index is 15.3. The molecule has 0 bridgehead atoms. The van der Waals surface area contributed by atoms with Gasteiger partial charge in [0, 0.05) is 50.1 Å². The summed E-state index contributed by atoms with van der Waals surface area (Å²) in [6.07, 6.45) is -0.0355. The molecule has 226 valence electrons. The summed E-state index contributed by atoms with van der Waals surface area (Å²) < 4.78 is 99.8. The number of alkyl halides is 2. The smallest absolute Gasteiger partial charge is 0.280 e. The minimum Gasteiger partial charge on any atom is -0.324 e. The molecule has 1 fully saturated rings. The van der Waals surface area contributed by atoms with Gasteiger partial charge in [0.15, 0.2) is 0 Å². The number of hydrogen-bond donors (Lipinski definition) is 3. The lowest BCUT2D eigenvalue weighted by Crippen LogP contribution is -2.53. The highest BCUT2D eigenvalue weighted by Crippen LogP contribution is 2.34. The highest BCUT2D eigenvalue weighted by Gasteiger charge is 2.37. The summed E-state index contributed by atoms with van der Waals surface area (Å²) in [5, 5.41) is 5.52. The van der Waals surface area contributed by atoms with Gasteiger partial charge in [0.2, 0.25) is 5.91 Å². The molecule has 1 aromatic heterocycles. The molecule has 0 spiro atoms. The fraction of sp³-hybridized carbons (Fsp3) is 0.333. The Labute approximate surface area is 244 Å². The molecule has 2 heterocycles. The summed E-state index contributed by atoms with van der Waals surface area (Å²) in [6, 6.07) is 6.65. The van der Waals surface area contributed by atoms with Crippen molar-refractivity contribution in [2.75, 3.05) is 37.4 Å². The van der Waals surface area contributed by atoms with Crippen LogP contribution in [0, 0.1) is 23.3 Å². The van der Waals surface area contributed by atoms with Gasteiger partial charge < -0.3 is 10.6 Å². The molecule has 0 radical (unpaired) electrons. The zero-order valence-corrected chi connectivity index (χ0v) is 23.5. The van der Waals surface area contributed by atoms with E-state index in [4.69, 9.17) is 11.6 Å². The standard InChI is InChI=1S/C27H27ClF5N5O3S/c28-11-21(32)12-36-42(40,41)38-6-5-34-15-25(38)27-23(33)13-35-14-24(27)37-26(39)10-22(16-1-3-18(29)4-2-16)17-7-19(30)9-20(31)8-17/h1-4,7-9,13-14,21-22,25,34,36H,5-6,10-12,15H2,(H,37,39)/t21?,22-,25+/m0/s1. The van der Waals surface area contributed by atoms with Gasteiger partial charge in [0.25, 0.3) is 10.2 Å². The Morgan fingerprint density at radius 3 is 2.40 bits per heavy atom. The van der Waals surface area contributed by atoms with E-state index in [1.54, 1.807) is 0 Å². The van der Waals surface area contributed by atoms with E-state index in [-0.39, 0.29) is 36.4 Å². The van der Waals surface area contributed by atoms with Crippen LogP contribution in [0.5, 0.6) is 0 Å². The third kappa shape index (κ3) is 7.81. The van der Waals surface area contributed by atoms with Crippen molar-refractivity contribution in [3.8, 4) is 0 Å². The third-order valence-corrected chi connectivity index (χ3v) is 8.57. The monoisotopic (exact) mass is 631 g/mol. The van der Waals surface area contributed by atoms with Gasteiger partial charge in [-0.25, -0.2) is 22.0 Å². The number of nitrogens with zero attached hydrogens (tertiary/aromatic N) is 2. The molecule has 8 nitrogen and oxygen atoms in total. The third-order valence-electron chi connectivity index (χ3n) is 6.65. The SMILES string of the molecule is O=C(C[C@@H](c1ccc(F)cc1)c1cc(F)cc(F)c1)Nc1cncc(F)c1[C@H]1CNCCN1S(=O)(=O)NCC(F)CCl. The highest BCUT2D eigenvalue weighted by atomic mass is 35.5. The van der Waals surface area contributed by atoms with Crippen molar-refractivity contribution in [3.63, 3.8) is 0 Å². The van der Waals surface area contributed by atoms with Crippen LogP contribution in [0.2, 0.25) is 0 Å². The van der Waals surface area contributed by atoms with E-state index >= 15 is 4.39 Å². The van der Waals surface area contributed by atoms with Gasteiger partial charge in [-0.15, -0.1) is 11.6 Å². The van der Waals surface area contributed by atoms with Crippen LogP contribution in [0.1, 0.15) is 35.1 Å². The van der Waals surface area contributed by atoms with Gasteiger partial charge in [-0.3, -0.25) is 9.78 Å². The molecule has 15 heteroatoms. The van der Waals surface area contributed by atoms with Gasteiger partial charge >= 0.3 is 0 Å². The molecule has 3 atom stereocenters. The maximum Gasteiger partial charge on any atom is 0.280 e. The Kier molecular flexibility index (Phi) is 10.5. The summed E-state index contributed by atoms with van der Waals surface area (Å²) in [4.78, 5) is 17.1.